The number of ether oxygens (including phenoxy) is 1. The van der Waals surface area contributed by atoms with Crippen molar-refractivity contribution in [1.29, 1.82) is 0 Å². The number of oxime groups is 1. The molecule has 1 aliphatic heterocycles. The summed E-state index contributed by atoms with van der Waals surface area (Å²) in [5, 5.41) is 6.51. The molecule has 0 aliphatic carbocycles. The fraction of sp³-hybridized carbons (Fsp3) is 0.176. The number of amides is 1. The molecule has 136 valence electrons. The number of carbonyl (C=O) groups is 1. The highest BCUT2D eigenvalue weighted by Crippen LogP contribution is 2.25. The molecule has 0 radical (unpaired) electrons. The second-order valence-corrected chi connectivity index (χ2v) is 6.32. The van der Waals surface area contributed by atoms with Gasteiger partial charge in [-0.2, -0.15) is 0 Å². The second-order valence-electron chi connectivity index (χ2n) is 5.41. The van der Waals surface area contributed by atoms with Gasteiger partial charge >= 0.3 is 6.36 Å². The Bertz CT molecular complexity index is 838. The Balaban J connectivity index is 1.58. The zero-order valence-electron chi connectivity index (χ0n) is 13.1. The first-order chi connectivity index (χ1) is 12.3. The van der Waals surface area contributed by atoms with Gasteiger partial charge in [0.05, 0.1) is 5.71 Å². The summed E-state index contributed by atoms with van der Waals surface area (Å²) in [6.45, 7) is 0. The van der Waals surface area contributed by atoms with Gasteiger partial charge in [-0.25, -0.2) is 0 Å². The van der Waals surface area contributed by atoms with E-state index in [2.05, 4.69) is 31.1 Å². The lowest BCUT2D eigenvalue weighted by molar-refractivity contribution is -0.274. The van der Waals surface area contributed by atoms with Gasteiger partial charge in [0.15, 0.2) is 0 Å². The van der Waals surface area contributed by atoms with E-state index in [-0.39, 0.29) is 12.2 Å². The minimum Gasteiger partial charge on any atom is -0.406 e. The molecule has 0 saturated carbocycles. The van der Waals surface area contributed by atoms with Gasteiger partial charge in [0.1, 0.15) is 5.75 Å². The highest BCUT2D eigenvalue weighted by atomic mass is 79.9. The highest BCUT2D eigenvalue weighted by Gasteiger charge is 2.31. The number of nitrogens with zero attached hydrogens (tertiary/aromatic N) is 1. The molecule has 0 spiro atoms. The van der Waals surface area contributed by atoms with Crippen LogP contribution >= 0.6 is 15.9 Å². The Kier molecular flexibility index (Phi) is 5.17. The normalized spacial score (nSPS) is 16.6. The number of anilines is 1. The van der Waals surface area contributed by atoms with Crippen LogP contribution in [0.5, 0.6) is 5.75 Å². The van der Waals surface area contributed by atoms with Crippen LogP contribution in [0.1, 0.15) is 12.0 Å². The van der Waals surface area contributed by atoms with Crippen LogP contribution in [0.2, 0.25) is 0 Å². The van der Waals surface area contributed by atoms with E-state index in [1.165, 1.54) is 12.1 Å². The van der Waals surface area contributed by atoms with E-state index in [1.807, 2.05) is 24.3 Å². The number of nitrogens with one attached hydrogen (secondary N) is 1. The van der Waals surface area contributed by atoms with Gasteiger partial charge < -0.3 is 14.9 Å². The van der Waals surface area contributed by atoms with Crippen LogP contribution < -0.4 is 10.1 Å². The second kappa shape index (κ2) is 7.36. The quantitative estimate of drug-likeness (QED) is 0.780. The third kappa shape index (κ3) is 4.75. The molecule has 1 heterocycles. The summed E-state index contributed by atoms with van der Waals surface area (Å²) in [6, 6.07) is 12.3. The van der Waals surface area contributed by atoms with Gasteiger partial charge in [-0.1, -0.05) is 33.2 Å². The lowest BCUT2D eigenvalue weighted by Crippen LogP contribution is -2.28. The molecule has 9 heteroatoms. The fourth-order valence-corrected chi connectivity index (χ4v) is 2.72. The van der Waals surface area contributed by atoms with Gasteiger partial charge in [-0.05, 0) is 36.4 Å². The number of hydrogen-bond donors (Lipinski definition) is 1. The molecule has 0 aromatic heterocycles. The maximum Gasteiger partial charge on any atom is 0.573 e. The van der Waals surface area contributed by atoms with Crippen LogP contribution in [0.15, 0.2) is 58.2 Å². The van der Waals surface area contributed by atoms with Crippen LogP contribution in [-0.4, -0.2) is 24.1 Å². The molecule has 26 heavy (non-hydrogen) atoms. The molecule has 5 nitrogen and oxygen atoms in total. The number of rotatable bonds is 4. The van der Waals surface area contributed by atoms with Crippen molar-refractivity contribution in [2.24, 2.45) is 5.16 Å². The molecule has 1 amide bonds. The Hall–Kier alpha value is -2.55. The molecule has 1 atom stereocenters. The summed E-state index contributed by atoms with van der Waals surface area (Å²) in [5.74, 6) is -0.809. The van der Waals surface area contributed by atoms with Crippen LogP contribution in [0.4, 0.5) is 18.9 Å². The van der Waals surface area contributed by atoms with Crippen molar-refractivity contribution in [3.05, 3.63) is 58.6 Å². The van der Waals surface area contributed by atoms with Crippen LogP contribution in [0.3, 0.4) is 0 Å². The average Bonchev–Trinajstić information content (AvgIpc) is 3.05. The summed E-state index contributed by atoms with van der Waals surface area (Å²) in [5.41, 5.74) is 1.80. The molecule has 2 aromatic rings. The zero-order valence-corrected chi connectivity index (χ0v) is 14.7. The molecule has 1 N–H and O–H groups in total. The van der Waals surface area contributed by atoms with Crippen molar-refractivity contribution >= 4 is 33.2 Å². The molecule has 1 aliphatic rings. The van der Waals surface area contributed by atoms with Crippen molar-refractivity contribution < 1.29 is 27.5 Å². The third-order valence-corrected chi connectivity index (χ3v) is 3.97. The summed E-state index contributed by atoms with van der Waals surface area (Å²) in [4.78, 5) is 17.4. The van der Waals surface area contributed by atoms with E-state index >= 15 is 0 Å². The molecule has 3 rings (SSSR count). The molecule has 0 unspecified atom stereocenters. The van der Waals surface area contributed by atoms with Gasteiger partial charge in [0.25, 0.3) is 5.91 Å². The predicted molar refractivity (Wildman–Crippen MR) is 91.9 cm³/mol. The maximum absolute atomic E-state index is 12.2. The molecule has 0 bridgehead atoms. The lowest BCUT2D eigenvalue weighted by atomic mass is 10.0. The van der Waals surface area contributed by atoms with Crippen LogP contribution in [0, 0.1) is 0 Å². The molecular formula is C17H12BrF3N2O3. The monoisotopic (exact) mass is 428 g/mol. The smallest absolute Gasteiger partial charge is 0.406 e. The Morgan fingerprint density at radius 1 is 1.23 bits per heavy atom. The van der Waals surface area contributed by atoms with Crippen molar-refractivity contribution in [3.63, 3.8) is 0 Å². The van der Waals surface area contributed by atoms with Gasteiger partial charge in [0.2, 0.25) is 6.10 Å². The average molecular weight is 429 g/mol. The Labute approximate surface area is 154 Å². The van der Waals surface area contributed by atoms with E-state index < -0.39 is 18.4 Å². The lowest BCUT2D eigenvalue weighted by Gasteiger charge is -2.11. The number of halogens is 4. The first kappa shape index (κ1) is 18.2. The molecular weight excluding hydrogens is 417 g/mol. The first-order valence-electron chi connectivity index (χ1n) is 7.45. The van der Waals surface area contributed by atoms with Gasteiger partial charge in [-0.3, -0.25) is 4.79 Å². The summed E-state index contributed by atoms with van der Waals surface area (Å²) in [6.07, 6.45) is -5.28. The zero-order chi connectivity index (χ0) is 18.7. The summed E-state index contributed by atoms with van der Waals surface area (Å²) < 4.78 is 41.1. The third-order valence-electron chi connectivity index (χ3n) is 3.47. The highest BCUT2D eigenvalue weighted by molar-refractivity contribution is 9.10. The van der Waals surface area contributed by atoms with Gasteiger partial charge in [-0.15, -0.1) is 13.2 Å². The van der Waals surface area contributed by atoms with E-state index in [1.54, 1.807) is 0 Å². The number of carbonyl (C=O) groups excluding carboxylic acids is 1. The summed E-state index contributed by atoms with van der Waals surface area (Å²) >= 11 is 3.37. The molecule has 0 saturated heterocycles. The SMILES string of the molecule is O=C(Nc1ccc(OC(F)(F)F)cc1)[C@@H]1CC(c2cccc(Br)c2)=NO1. The number of alkyl halides is 3. The minimum atomic E-state index is -4.76. The Morgan fingerprint density at radius 3 is 2.62 bits per heavy atom. The maximum atomic E-state index is 12.2. The Morgan fingerprint density at radius 2 is 1.96 bits per heavy atom. The van der Waals surface area contributed by atoms with E-state index in [0.717, 1.165) is 22.2 Å². The van der Waals surface area contributed by atoms with Crippen LogP contribution in [-0.2, 0) is 9.63 Å². The topological polar surface area (TPSA) is 59.9 Å². The minimum absolute atomic E-state index is 0.289. The first-order valence-corrected chi connectivity index (χ1v) is 8.25. The van der Waals surface area contributed by atoms with E-state index in [9.17, 15) is 18.0 Å². The van der Waals surface area contributed by atoms with Gasteiger partial charge in [0, 0.05) is 22.1 Å². The number of hydrogen-bond acceptors (Lipinski definition) is 4. The summed E-state index contributed by atoms with van der Waals surface area (Å²) in [7, 11) is 0. The van der Waals surface area contributed by atoms with Crippen molar-refractivity contribution in [3.8, 4) is 5.75 Å². The van der Waals surface area contributed by atoms with E-state index in [0.29, 0.717) is 11.4 Å². The number of benzene rings is 2. The molecule has 2 aromatic carbocycles. The van der Waals surface area contributed by atoms with Crippen molar-refractivity contribution in [2.75, 3.05) is 5.32 Å². The van der Waals surface area contributed by atoms with Crippen LogP contribution in [0.25, 0.3) is 0 Å². The largest absolute Gasteiger partial charge is 0.573 e. The molecule has 0 fully saturated rings. The standard InChI is InChI=1S/C17H12BrF3N2O3/c18-11-3-1-2-10(8-11)14-9-15(26-23-14)16(24)22-12-4-6-13(7-5-12)25-17(19,20)21/h1-8,15H,9H2,(H,22,24)/t15-/m0/s1. The fourth-order valence-electron chi connectivity index (χ4n) is 2.32. The predicted octanol–water partition coefficient (Wildman–Crippen LogP) is 4.48. The van der Waals surface area contributed by atoms with Crippen molar-refractivity contribution in [2.45, 2.75) is 18.9 Å². The van der Waals surface area contributed by atoms with E-state index in [4.69, 9.17) is 4.84 Å². The van der Waals surface area contributed by atoms with Crippen molar-refractivity contribution in [1.82, 2.24) is 0 Å².